The lowest BCUT2D eigenvalue weighted by atomic mass is 10.4. The van der Waals surface area contributed by atoms with Gasteiger partial charge in [0.05, 0.1) is 0 Å². The maximum Gasteiger partial charge on any atom is -0.0323 e. The van der Waals surface area contributed by atoms with Gasteiger partial charge < -0.3 is 0 Å². The fraction of sp³-hybridized carbons (Fsp3) is 1.00. The van der Waals surface area contributed by atoms with Crippen LogP contribution >= 0.6 is 17.2 Å². The number of hydrogen-bond donors (Lipinski definition) is 0. The average molecular weight is 220 g/mol. The van der Waals surface area contributed by atoms with Gasteiger partial charge in [-0.1, -0.05) is 26.7 Å². The molecule has 0 saturated heterocycles. The van der Waals surface area contributed by atoms with E-state index >= 15 is 0 Å². The molecule has 0 fully saturated rings. The van der Waals surface area contributed by atoms with Gasteiger partial charge in [0.1, 0.15) is 0 Å². The molecule has 0 radical (unpaired) electrons. The zero-order valence-corrected chi connectivity index (χ0v) is 11.4. The van der Waals surface area contributed by atoms with Gasteiger partial charge in [0.2, 0.25) is 0 Å². The molecule has 0 heterocycles. The molecule has 0 amide bonds. The predicted molar refractivity (Wildman–Crippen MR) is 70.5 cm³/mol. The van der Waals surface area contributed by atoms with Gasteiger partial charge in [-0.25, -0.2) is 0 Å². The monoisotopic (exact) mass is 220 g/mol. The quantitative estimate of drug-likeness (QED) is 0.507. The minimum absolute atomic E-state index is 0.408. The third-order valence-electron chi connectivity index (χ3n) is 2.33. The van der Waals surface area contributed by atoms with E-state index in [0.29, 0.717) is 7.92 Å². The summed E-state index contributed by atoms with van der Waals surface area (Å²) in [6.45, 7) is 4.62. The Balaban J connectivity index is 3.47. The minimum atomic E-state index is 0.408. The smallest absolute Gasteiger partial charge is 0.0323 e. The average Bonchev–Trinajstić information content (AvgIpc) is 2.17. The van der Waals surface area contributed by atoms with Crippen molar-refractivity contribution in [3.63, 3.8) is 0 Å². The molecule has 0 aromatic rings. The molecule has 1 atom stereocenters. The molecule has 80 valence electrons. The molecule has 13 heavy (non-hydrogen) atoms. The summed E-state index contributed by atoms with van der Waals surface area (Å²) in [6, 6.07) is 0. The maximum absolute atomic E-state index is 2.85. The Hall–Kier alpha value is 0.860. The summed E-state index contributed by atoms with van der Waals surface area (Å²) in [6.07, 6.45) is 13.0. The molecule has 0 aliphatic heterocycles. The Morgan fingerprint density at radius 2 is 1.31 bits per heavy atom. The highest BCUT2D eigenvalue weighted by atomic mass is 31.1. The first-order valence-corrected chi connectivity index (χ1v) is 8.49. The summed E-state index contributed by atoms with van der Waals surface area (Å²) in [7, 11) is 3.26. The Labute approximate surface area is 88.2 Å². The lowest BCUT2D eigenvalue weighted by molar-refractivity contribution is 0.863. The van der Waals surface area contributed by atoms with Crippen LogP contribution in [0.25, 0.3) is 0 Å². The largest absolute Gasteiger partial charge is 0.138 e. The van der Waals surface area contributed by atoms with Crippen LogP contribution in [0.2, 0.25) is 0 Å². The van der Waals surface area contributed by atoms with Crippen molar-refractivity contribution in [1.82, 2.24) is 0 Å². The number of rotatable bonds is 9. The van der Waals surface area contributed by atoms with Crippen LogP contribution in [0.15, 0.2) is 0 Å². The van der Waals surface area contributed by atoms with Crippen molar-refractivity contribution in [2.75, 3.05) is 24.6 Å². The molecule has 0 spiro atoms. The molecule has 0 nitrogen and oxygen atoms in total. The van der Waals surface area contributed by atoms with Gasteiger partial charge in [0, 0.05) is 0 Å². The van der Waals surface area contributed by atoms with Crippen molar-refractivity contribution in [1.29, 1.82) is 0 Å². The normalized spacial score (nSPS) is 11.1. The van der Waals surface area contributed by atoms with E-state index in [1.165, 1.54) is 56.8 Å². The van der Waals surface area contributed by atoms with E-state index in [9.17, 15) is 0 Å². The molecule has 2 heteroatoms. The molecule has 1 unspecified atom stereocenters. The zero-order chi connectivity index (χ0) is 9.94. The van der Waals surface area contributed by atoms with Crippen LogP contribution in [-0.2, 0) is 0 Å². The predicted octanol–water partition coefficient (Wildman–Crippen LogP) is 4.33. The first kappa shape index (κ1) is 13.9. The lowest BCUT2D eigenvalue weighted by Gasteiger charge is -2.16. The van der Waals surface area contributed by atoms with Crippen LogP contribution in [0, 0.1) is 0 Å². The van der Waals surface area contributed by atoms with E-state index in [0.717, 1.165) is 0 Å². The van der Waals surface area contributed by atoms with E-state index in [2.05, 4.69) is 23.1 Å². The van der Waals surface area contributed by atoms with Crippen LogP contribution < -0.4 is 0 Å². The van der Waals surface area contributed by atoms with Crippen molar-refractivity contribution in [3.05, 3.63) is 0 Å². The summed E-state index contributed by atoms with van der Waals surface area (Å²) in [5.41, 5.74) is 0. The van der Waals surface area contributed by atoms with Crippen LogP contribution in [0.5, 0.6) is 0 Å². The van der Waals surface area contributed by atoms with Crippen LogP contribution in [0.3, 0.4) is 0 Å². The Kier molecular flexibility index (Phi) is 11.7. The fourth-order valence-corrected chi connectivity index (χ4v) is 4.79. The summed E-state index contributed by atoms with van der Waals surface area (Å²) in [4.78, 5) is 0. The Bertz CT molecular complexity index is 75.1. The number of hydrogen-bond acceptors (Lipinski definition) is 0. The molecular formula is C11H26P2. The molecule has 0 aliphatic rings. The highest BCUT2D eigenvalue weighted by Gasteiger charge is 2.05. The van der Waals surface area contributed by atoms with Crippen LogP contribution in [0.4, 0.5) is 0 Å². The third kappa shape index (κ3) is 9.17. The van der Waals surface area contributed by atoms with Crippen molar-refractivity contribution in [3.8, 4) is 0 Å². The maximum atomic E-state index is 2.85. The Morgan fingerprint density at radius 1 is 0.846 bits per heavy atom. The highest BCUT2D eigenvalue weighted by Crippen LogP contribution is 2.38. The Morgan fingerprint density at radius 3 is 1.69 bits per heavy atom. The van der Waals surface area contributed by atoms with Gasteiger partial charge in [0.25, 0.3) is 0 Å². The van der Waals surface area contributed by atoms with E-state index < -0.39 is 0 Å². The first-order chi connectivity index (χ1) is 6.35. The first-order valence-electron chi connectivity index (χ1n) is 5.77. The summed E-state index contributed by atoms with van der Waals surface area (Å²) >= 11 is 0. The zero-order valence-electron chi connectivity index (χ0n) is 9.39. The lowest BCUT2D eigenvalue weighted by Crippen LogP contribution is -1.96. The van der Waals surface area contributed by atoms with Crippen LogP contribution in [0.1, 0.15) is 46.0 Å². The molecule has 0 aromatic heterocycles. The molecule has 0 saturated carbocycles. The van der Waals surface area contributed by atoms with Gasteiger partial charge in [-0.3, -0.25) is 0 Å². The molecule has 0 rings (SSSR count). The number of unbranched alkanes of at least 4 members (excludes halogenated alkanes) is 2. The SMILES string of the molecule is CCCCP(CCCC)CCCP. The van der Waals surface area contributed by atoms with E-state index in [1.807, 2.05) is 0 Å². The van der Waals surface area contributed by atoms with Gasteiger partial charge in [-0.15, -0.1) is 17.2 Å². The summed E-state index contributed by atoms with van der Waals surface area (Å²) in [5.74, 6) is 0. The topological polar surface area (TPSA) is 0 Å². The second-order valence-electron chi connectivity index (χ2n) is 3.69. The molecule has 0 bridgehead atoms. The van der Waals surface area contributed by atoms with Gasteiger partial charge in [0.15, 0.2) is 0 Å². The van der Waals surface area contributed by atoms with Crippen molar-refractivity contribution in [2.24, 2.45) is 0 Å². The van der Waals surface area contributed by atoms with E-state index in [1.54, 1.807) is 0 Å². The van der Waals surface area contributed by atoms with Gasteiger partial charge >= 0.3 is 0 Å². The van der Waals surface area contributed by atoms with Crippen molar-refractivity contribution < 1.29 is 0 Å². The van der Waals surface area contributed by atoms with Gasteiger partial charge in [-0.05, 0) is 43.9 Å². The molecule has 0 N–H and O–H groups in total. The van der Waals surface area contributed by atoms with E-state index in [4.69, 9.17) is 0 Å². The van der Waals surface area contributed by atoms with Crippen molar-refractivity contribution >= 4 is 17.2 Å². The summed E-state index contributed by atoms with van der Waals surface area (Å²) in [5, 5.41) is 0. The fourth-order valence-electron chi connectivity index (χ4n) is 1.41. The van der Waals surface area contributed by atoms with Crippen molar-refractivity contribution in [2.45, 2.75) is 46.0 Å². The molecule has 0 aromatic carbocycles. The third-order valence-corrected chi connectivity index (χ3v) is 5.59. The second kappa shape index (κ2) is 10.9. The van der Waals surface area contributed by atoms with Gasteiger partial charge in [-0.2, -0.15) is 0 Å². The standard InChI is InChI=1S/C11H26P2/c1-3-5-9-13(10-6-4-2)11-7-8-12/h3-12H2,1-2H3. The molecular weight excluding hydrogens is 194 g/mol. The summed E-state index contributed by atoms with van der Waals surface area (Å²) < 4.78 is 0. The second-order valence-corrected chi connectivity index (χ2v) is 6.95. The van der Waals surface area contributed by atoms with Crippen LogP contribution in [-0.4, -0.2) is 24.6 Å². The minimum Gasteiger partial charge on any atom is -0.138 e. The highest BCUT2D eigenvalue weighted by molar-refractivity contribution is 7.57. The van der Waals surface area contributed by atoms with E-state index in [-0.39, 0.29) is 0 Å². The molecule has 0 aliphatic carbocycles.